The molecule has 0 aliphatic carbocycles. The number of rotatable bonds is 5. The zero-order chi connectivity index (χ0) is 21.9. The van der Waals surface area contributed by atoms with Gasteiger partial charge in [0.05, 0.1) is 11.3 Å². The molecule has 0 aromatic heterocycles. The molecule has 0 spiro atoms. The summed E-state index contributed by atoms with van der Waals surface area (Å²) in [6.07, 6.45) is 0.0401. The molecule has 0 bridgehead atoms. The van der Waals surface area contributed by atoms with E-state index in [9.17, 15) is 27.9 Å². The molecule has 0 aliphatic rings. The molecule has 2 rings (SSSR count). The molecule has 8 heteroatoms. The summed E-state index contributed by atoms with van der Waals surface area (Å²) in [4.78, 5) is 25.1. The van der Waals surface area contributed by atoms with E-state index in [0.29, 0.717) is 5.56 Å². The van der Waals surface area contributed by atoms with Crippen LogP contribution in [-0.2, 0) is 6.54 Å². The van der Waals surface area contributed by atoms with E-state index in [2.05, 4.69) is 11.9 Å². The van der Waals surface area contributed by atoms with Crippen LogP contribution < -0.4 is 10.2 Å². The van der Waals surface area contributed by atoms with Crippen molar-refractivity contribution in [3.05, 3.63) is 71.1 Å². The lowest BCUT2D eigenvalue weighted by Gasteiger charge is -2.34. The highest BCUT2D eigenvalue weighted by atomic mass is 19.2. The van der Waals surface area contributed by atoms with Crippen molar-refractivity contribution >= 4 is 23.8 Å². The lowest BCUT2D eigenvalue weighted by Crippen LogP contribution is -2.45. The van der Waals surface area contributed by atoms with Gasteiger partial charge in [-0.2, -0.15) is 0 Å². The second-order valence-corrected chi connectivity index (χ2v) is 7.31. The third-order valence-electron chi connectivity index (χ3n) is 4.12. The molecule has 0 heterocycles. The second-order valence-electron chi connectivity index (χ2n) is 7.31. The van der Waals surface area contributed by atoms with E-state index in [-0.39, 0.29) is 23.4 Å². The Bertz CT molecular complexity index is 968. The number of carboxylic acid groups (broad SMARTS) is 1. The monoisotopic (exact) mass is 406 g/mol. The molecule has 0 saturated carbocycles. The lowest BCUT2D eigenvalue weighted by atomic mass is 10.0. The summed E-state index contributed by atoms with van der Waals surface area (Å²) in [5.74, 6) is -3.79. The number of anilines is 1. The van der Waals surface area contributed by atoms with E-state index in [4.69, 9.17) is 0 Å². The van der Waals surface area contributed by atoms with Crippen molar-refractivity contribution in [2.45, 2.75) is 32.9 Å². The molecule has 0 unspecified atom stereocenters. The third-order valence-corrected chi connectivity index (χ3v) is 4.12. The molecule has 2 amide bonds. The number of carbonyl (C=O) groups is 2. The Balaban J connectivity index is 2.34. The van der Waals surface area contributed by atoms with Gasteiger partial charge in [0.2, 0.25) is 0 Å². The van der Waals surface area contributed by atoms with Gasteiger partial charge in [0, 0.05) is 12.1 Å². The van der Waals surface area contributed by atoms with Crippen molar-refractivity contribution in [3.8, 4) is 0 Å². The molecule has 2 N–H and O–H groups in total. The van der Waals surface area contributed by atoms with Crippen LogP contribution in [-0.4, -0.2) is 22.6 Å². The average Bonchev–Trinajstić information content (AvgIpc) is 2.61. The van der Waals surface area contributed by atoms with Crippen LogP contribution in [0.2, 0.25) is 0 Å². The largest absolute Gasteiger partial charge is 0.465 e. The number of halogens is 3. The van der Waals surface area contributed by atoms with Crippen molar-refractivity contribution in [2.75, 3.05) is 4.90 Å². The molecule has 0 fully saturated rings. The highest BCUT2D eigenvalue weighted by molar-refractivity contribution is 5.97. The van der Waals surface area contributed by atoms with Gasteiger partial charge >= 0.3 is 6.09 Å². The zero-order valence-electron chi connectivity index (χ0n) is 16.2. The molecular weight excluding hydrogens is 385 g/mol. The minimum atomic E-state index is -1.28. The van der Waals surface area contributed by atoms with Crippen LogP contribution in [0.3, 0.4) is 0 Å². The van der Waals surface area contributed by atoms with Gasteiger partial charge in [-0.05, 0) is 56.2 Å². The second kappa shape index (κ2) is 8.38. The topological polar surface area (TPSA) is 69.6 Å². The molecule has 0 radical (unpaired) electrons. The maximum Gasteiger partial charge on any atom is 0.412 e. The number of benzene rings is 2. The molecule has 2 aromatic carbocycles. The number of nitrogens with zero attached hydrogens (tertiary/aromatic N) is 1. The molecule has 2 aromatic rings. The van der Waals surface area contributed by atoms with Gasteiger partial charge in [-0.25, -0.2) is 18.0 Å². The Morgan fingerprint density at radius 2 is 1.76 bits per heavy atom. The van der Waals surface area contributed by atoms with E-state index in [1.165, 1.54) is 18.2 Å². The summed E-state index contributed by atoms with van der Waals surface area (Å²) in [6, 6.07) is 5.30. The van der Waals surface area contributed by atoms with Crippen LogP contribution in [0.15, 0.2) is 36.9 Å². The van der Waals surface area contributed by atoms with Gasteiger partial charge in [0.25, 0.3) is 5.91 Å². The number of nitrogens with one attached hydrogen (secondary N) is 1. The van der Waals surface area contributed by atoms with E-state index < -0.39 is 35.0 Å². The lowest BCUT2D eigenvalue weighted by molar-refractivity contribution is 0.0946. The minimum absolute atomic E-state index is 0.0506. The molecule has 0 saturated heterocycles. The van der Waals surface area contributed by atoms with Crippen LogP contribution in [0.1, 0.15) is 42.3 Å². The summed E-state index contributed by atoms with van der Waals surface area (Å²) in [5.41, 5.74) is -0.600. The van der Waals surface area contributed by atoms with E-state index in [0.717, 1.165) is 23.1 Å². The number of hydrogen-bond acceptors (Lipinski definition) is 2. The third kappa shape index (κ3) is 4.96. The first-order valence-corrected chi connectivity index (χ1v) is 8.67. The van der Waals surface area contributed by atoms with Crippen molar-refractivity contribution in [2.24, 2.45) is 0 Å². The molecular formula is C21H21F3N2O3. The Morgan fingerprint density at radius 1 is 1.10 bits per heavy atom. The fourth-order valence-electron chi connectivity index (χ4n) is 2.79. The first-order valence-electron chi connectivity index (χ1n) is 8.67. The van der Waals surface area contributed by atoms with E-state index in [1.54, 1.807) is 20.8 Å². The molecule has 5 nitrogen and oxygen atoms in total. The van der Waals surface area contributed by atoms with Gasteiger partial charge in [-0.15, -0.1) is 0 Å². The van der Waals surface area contributed by atoms with Gasteiger partial charge in [-0.1, -0.05) is 18.7 Å². The molecule has 154 valence electrons. The zero-order valence-corrected chi connectivity index (χ0v) is 16.2. The van der Waals surface area contributed by atoms with Crippen molar-refractivity contribution in [1.82, 2.24) is 5.32 Å². The average molecular weight is 406 g/mol. The SMILES string of the molecule is C=Cc1cc(C(=O)NCc2ccc(F)c(F)c2)c(F)cc1N(C(=O)O)C(C)(C)C. The van der Waals surface area contributed by atoms with Gasteiger partial charge in [0.15, 0.2) is 11.6 Å². The highest BCUT2D eigenvalue weighted by Crippen LogP contribution is 2.31. The number of carbonyl (C=O) groups excluding carboxylic acids is 1. The summed E-state index contributed by atoms with van der Waals surface area (Å²) < 4.78 is 40.9. The quantitative estimate of drug-likeness (QED) is 0.737. The smallest absolute Gasteiger partial charge is 0.412 e. The van der Waals surface area contributed by atoms with Crippen molar-refractivity contribution < 1.29 is 27.9 Å². The Labute approximate surface area is 166 Å². The van der Waals surface area contributed by atoms with Crippen molar-refractivity contribution in [1.29, 1.82) is 0 Å². The number of amides is 2. The predicted molar refractivity (Wildman–Crippen MR) is 104 cm³/mol. The minimum Gasteiger partial charge on any atom is -0.465 e. The first-order chi connectivity index (χ1) is 13.5. The predicted octanol–water partition coefficient (Wildman–Crippen LogP) is 4.96. The standard InChI is InChI=1S/C21H21F3N2O3/c1-5-13-9-14(16(23)10-18(13)26(20(28)29)21(2,3)4)19(27)25-11-12-6-7-15(22)17(24)8-12/h5-10H,1,11H2,2-4H3,(H,25,27)(H,28,29). The van der Waals surface area contributed by atoms with E-state index in [1.807, 2.05) is 0 Å². The van der Waals surface area contributed by atoms with Crippen LogP contribution in [0, 0.1) is 17.5 Å². The van der Waals surface area contributed by atoms with Crippen molar-refractivity contribution in [3.63, 3.8) is 0 Å². The Kier molecular flexibility index (Phi) is 6.36. The summed E-state index contributed by atoms with van der Waals surface area (Å²) in [5, 5.41) is 12.0. The fraction of sp³-hybridized carbons (Fsp3) is 0.238. The van der Waals surface area contributed by atoms with Crippen LogP contribution >= 0.6 is 0 Å². The Hall–Kier alpha value is -3.29. The summed E-state index contributed by atoms with van der Waals surface area (Å²) in [6.45, 7) is 8.40. The van der Waals surface area contributed by atoms with Crippen LogP contribution in [0.25, 0.3) is 6.08 Å². The Morgan fingerprint density at radius 3 is 2.28 bits per heavy atom. The fourth-order valence-corrected chi connectivity index (χ4v) is 2.79. The normalized spacial score (nSPS) is 11.1. The highest BCUT2D eigenvalue weighted by Gasteiger charge is 2.30. The van der Waals surface area contributed by atoms with Gasteiger partial charge < -0.3 is 10.4 Å². The molecule has 0 aliphatic heterocycles. The summed E-state index contributed by atoms with van der Waals surface area (Å²) >= 11 is 0. The molecule has 29 heavy (non-hydrogen) atoms. The number of hydrogen-bond donors (Lipinski definition) is 2. The maximum absolute atomic E-state index is 14.6. The van der Waals surface area contributed by atoms with Gasteiger partial charge in [-0.3, -0.25) is 9.69 Å². The van der Waals surface area contributed by atoms with Gasteiger partial charge in [0.1, 0.15) is 5.82 Å². The first kappa shape index (κ1) is 22.0. The van der Waals surface area contributed by atoms with E-state index >= 15 is 0 Å². The molecule has 0 atom stereocenters. The van der Waals surface area contributed by atoms with Crippen LogP contribution in [0.4, 0.5) is 23.7 Å². The maximum atomic E-state index is 14.6. The summed E-state index contributed by atoms with van der Waals surface area (Å²) in [7, 11) is 0. The van der Waals surface area contributed by atoms with Crippen LogP contribution in [0.5, 0.6) is 0 Å².